The van der Waals surface area contributed by atoms with Crippen LogP contribution in [0.1, 0.15) is 27.0 Å². The van der Waals surface area contributed by atoms with Gasteiger partial charge in [-0.2, -0.15) is 25.9 Å². The Morgan fingerprint density at radius 1 is 1.10 bits per heavy atom. The van der Waals surface area contributed by atoms with Crippen molar-refractivity contribution in [3.8, 4) is 0 Å². The fourth-order valence-electron chi connectivity index (χ4n) is 2.82. The molecule has 160 valence electrons. The Balaban J connectivity index is 1.53. The summed E-state index contributed by atoms with van der Waals surface area (Å²) < 4.78 is 69.5. The van der Waals surface area contributed by atoms with E-state index < -0.39 is 33.8 Å². The minimum atomic E-state index is -4.44. The maximum atomic E-state index is 12.7. The first-order chi connectivity index (χ1) is 14.0. The van der Waals surface area contributed by atoms with E-state index >= 15 is 0 Å². The minimum absolute atomic E-state index is 0.0358. The zero-order valence-electron chi connectivity index (χ0n) is 15.5. The Hall–Kier alpha value is -2.92. The lowest BCUT2D eigenvalue weighted by Gasteiger charge is -2.12. The molecule has 2 aromatic carbocycles. The molecule has 1 aliphatic heterocycles. The van der Waals surface area contributed by atoms with Crippen molar-refractivity contribution in [2.24, 2.45) is 0 Å². The van der Waals surface area contributed by atoms with Crippen molar-refractivity contribution >= 4 is 22.1 Å². The van der Waals surface area contributed by atoms with Crippen molar-refractivity contribution in [3.63, 3.8) is 0 Å². The van der Waals surface area contributed by atoms with Gasteiger partial charge in [-0.3, -0.25) is 4.79 Å². The molecule has 30 heavy (non-hydrogen) atoms. The number of ether oxygens (including phenoxy) is 1. The number of esters is 1. The van der Waals surface area contributed by atoms with Crippen molar-refractivity contribution in [2.45, 2.75) is 19.1 Å². The molecule has 7 nitrogen and oxygen atoms in total. The van der Waals surface area contributed by atoms with E-state index in [0.29, 0.717) is 11.1 Å². The molecule has 0 aliphatic carbocycles. The van der Waals surface area contributed by atoms with Crippen molar-refractivity contribution in [1.29, 1.82) is 0 Å². The number of halogens is 3. The number of hydrogen-bond donors (Lipinski definition) is 1. The van der Waals surface area contributed by atoms with Gasteiger partial charge in [-0.25, -0.2) is 9.52 Å². The molecule has 2 aromatic rings. The Morgan fingerprint density at radius 2 is 1.80 bits per heavy atom. The average molecular weight is 442 g/mol. The van der Waals surface area contributed by atoms with Crippen molar-refractivity contribution in [2.75, 3.05) is 13.2 Å². The zero-order valence-corrected chi connectivity index (χ0v) is 16.3. The standard InChI is InChI=1S/C19H17F3N2O5S/c20-19(21,22)16-3-1-2-13(10-16)8-9-29-18(26)15-6-4-14(5-7-15)11-24-12-17(25)23-30(24,27)28/h1-7,10H,8-9,11-12H2,(H,23,25). The van der Waals surface area contributed by atoms with Gasteiger partial charge in [0.15, 0.2) is 0 Å². The summed E-state index contributed by atoms with van der Waals surface area (Å²) in [5.41, 5.74) is 0.402. The quantitative estimate of drug-likeness (QED) is 0.693. The molecule has 0 saturated carbocycles. The van der Waals surface area contributed by atoms with E-state index in [4.69, 9.17) is 4.74 Å². The van der Waals surface area contributed by atoms with Gasteiger partial charge in [0, 0.05) is 13.0 Å². The summed E-state index contributed by atoms with van der Waals surface area (Å²) in [7, 11) is -3.84. The summed E-state index contributed by atoms with van der Waals surface area (Å²) >= 11 is 0. The highest BCUT2D eigenvalue weighted by Gasteiger charge is 2.33. The zero-order chi connectivity index (χ0) is 21.9. The van der Waals surface area contributed by atoms with Gasteiger partial charge in [0.25, 0.3) is 0 Å². The number of nitrogens with zero attached hydrogens (tertiary/aromatic N) is 1. The summed E-state index contributed by atoms with van der Waals surface area (Å²) in [6.45, 7) is -0.407. The number of carbonyl (C=O) groups excluding carboxylic acids is 2. The maximum absolute atomic E-state index is 12.7. The number of rotatable bonds is 6. The number of carbonyl (C=O) groups is 2. The number of nitrogens with one attached hydrogen (secondary N) is 1. The first kappa shape index (κ1) is 21.8. The third kappa shape index (κ3) is 5.36. The van der Waals surface area contributed by atoms with E-state index in [1.165, 1.54) is 36.4 Å². The third-order valence-corrected chi connectivity index (χ3v) is 5.75. The van der Waals surface area contributed by atoms with Crippen LogP contribution in [0.3, 0.4) is 0 Å². The fourth-order valence-corrected chi connectivity index (χ4v) is 3.91. The van der Waals surface area contributed by atoms with Crippen LogP contribution in [-0.4, -0.2) is 37.8 Å². The Labute approximate surface area is 170 Å². The largest absolute Gasteiger partial charge is 0.462 e. The van der Waals surface area contributed by atoms with Gasteiger partial charge in [0.1, 0.15) is 0 Å². The van der Waals surface area contributed by atoms with Crippen LogP contribution in [0.4, 0.5) is 13.2 Å². The smallest absolute Gasteiger partial charge is 0.416 e. The summed E-state index contributed by atoms with van der Waals surface area (Å²) in [5, 5.41) is 0. The molecule has 0 spiro atoms. The third-order valence-electron chi connectivity index (χ3n) is 4.33. The second-order valence-corrected chi connectivity index (χ2v) is 8.25. The van der Waals surface area contributed by atoms with Crippen LogP contribution in [-0.2, 0) is 38.9 Å². The Kier molecular flexibility index (Phi) is 6.13. The van der Waals surface area contributed by atoms with Gasteiger partial charge < -0.3 is 4.74 Å². The number of alkyl halides is 3. The first-order valence-electron chi connectivity index (χ1n) is 8.77. The van der Waals surface area contributed by atoms with Crippen molar-refractivity contribution < 1.29 is 35.9 Å². The molecule has 1 N–H and O–H groups in total. The topological polar surface area (TPSA) is 92.8 Å². The molecular weight excluding hydrogens is 425 g/mol. The van der Waals surface area contributed by atoms with E-state index in [9.17, 15) is 31.2 Å². The molecule has 0 atom stereocenters. The van der Waals surface area contributed by atoms with Crippen LogP contribution in [0.2, 0.25) is 0 Å². The molecule has 0 radical (unpaired) electrons. The molecule has 0 bridgehead atoms. The summed E-state index contributed by atoms with van der Waals surface area (Å²) in [6.07, 6.45) is -4.31. The molecule has 3 rings (SSSR count). The van der Waals surface area contributed by atoms with Crippen LogP contribution in [0.15, 0.2) is 48.5 Å². The molecule has 1 fully saturated rings. The van der Waals surface area contributed by atoms with Crippen LogP contribution in [0.25, 0.3) is 0 Å². The first-order valence-corrected chi connectivity index (χ1v) is 10.2. The molecule has 11 heteroatoms. The lowest BCUT2D eigenvalue weighted by molar-refractivity contribution is -0.137. The van der Waals surface area contributed by atoms with Crippen LogP contribution in [0, 0.1) is 0 Å². The number of benzene rings is 2. The van der Waals surface area contributed by atoms with Crippen molar-refractivity contribution in [3.05, 3.63) is 70.8 Å². The Morgan fingerprint density at radius 3 is 2.40 bits per heavy atom. The molecule has 1 aliphatic rings. The predicted octanol–water partition coefficient (Wildman–Crippen LogP) is 2.28. The Bertz CT molecular complexity index is 1050. The fraction of sp³-hybridized carbons (Fsp3) is 0.263. The second-order valence-electron chi connectivity index (χ2n) is 6.58. The number of hydrogen-bond acceptors (Lipinski definition) is 5. The van der Waals surface area contributed by atoms with Gasteiger partial charge in [0.2, 0.25) is 5.91 Å². The van der Waals surface area contributed by atoms with Crippen molar-refractivity contribution in [1.82, 2.24) is 9.03 Å². The summed E-state index contributed by atoms with van der Waals surface area (Å²) in [6, 6.07) is 10.7. The molecular formula is C19H17F3N2O5S. The molecule has 0 aromatic heterocycles. The highest BCUT2D eigenvalue weighted by Crippen LogP contribution is 2.29. The van der Waals surface area contributed by atoms with Crippen LogP contribution in [0.5, 0.6) is 0 Å². The monoisotopic (exact) mass is 442 g/mol. The lowest BCUT2D eigenvalue weighted by atomic mass is 10.1. The maximum Gasteiger partial charge on any atom is 0.416 e. The SMILES string of the molecule is O=C1CN(Cc2ccc(C(=O)OCCc3cccc(C(F)(F)F)c3)cc2)S(=O)(=O)N1. The van der Waals surface area contributed by atoms with Gasteiger partial charge in [-0.05, 0) is 29.3 Å². The van der Waals surface area contributed by atoms with Gasteiger partial charge >= 0.3 is 22.4 Å². The highest BCUT2D eigenvalue weighted by atomic mass is 32.2. The van der Waals surface area contributed by atoms with Gasteiger partial charge in [0.05, 0.1) is 24.3 Å². The van der Waals surface area contributed by atoms with E-state index in [-0.39, 0.29) is 31.7 Å². The van der Waals surface area contributed by atoms with E-state index in [1.807, 2.05) is 4.72 Å². The molecule has 1 heterocycles. The second kappa shape index (κ2) is 8.44. The normalized spacial score (nSPS) is 16.3. The predicted molar refractivity (Wildman–Crippen MR) is 99.3 cm³/mol. The van der Waals surface area contributed by atoms with Crippen LogP contribution >= 0.6 is 0 Å². The van der Waals surface area contributed by atoms with Gasteiger partial charge in [-0.1, -0.05) is 30.3 Å². The van der Waals surface area contributed by atoms with Gasteiger partial charge in [-0.15, -0.1) is 0 Å². The highest BCUT2D eigenvalue weighted by molar-refractivity contribution is 7.88. The molecule has 0 unspecified atom stereocenters. The summed E-state index contributed by atoms with van der Waals surface area (Å²) in [4.78, 5) is 23.3. The summed E-state index contributed by atoms with van der Waals surface area (Å²) in [5.74, 6) is -1.27. The minimum Gasteiger partial charge on any atom is -0.462 e. The number of amides is 1. The lowest BCUT2D eigenvalue weighted by Crippen LogP contribution is -2.29. The van der Waals surface area contributed by atoms with E-state index in [2.05, 4.69) is 0 Å². The molecule has 1 amide bonds. The van der Waals surface area contributed by atoms with Crippen LogP contribution < -0.4 is 4.72 Å². The average Bonchev–Trinajstić information content (AvgIpc) is 2.93. The van der Waals surface area contributed by atoms with E-state index in [0.717, 1.165) is 16.4 Å². The van der Waals surface area contributed by atoms with E-state index in [1.54, 1.807) is 0 Å². The molecule has 1 saturated heterocycles.